The summed E-state index contributed by atoms with van der Waals surface area (Å²) in [6.45, 7) is 3.54. The average Bonchev–Trinajstić information content (AvgIpc) is 3.15. The third kappa shape index (κ3) is 3.02. The van der Waals surface area contributed by atoms with Gasteiger partial charge in [-0.15, -0.1) is 10.2 Å². The molecule has 4 rings (SSSR count). The van der Waals surface area contributed by atoms with Crippen molar-refractivity contribution in [1.82, 2.24) is 29.0 Å². The largest absolute Gasteiger partial charge is 0.336 e. The van der Waals surface area contributed by atoms with Crippen molar-refractivity contribution in [1.29, 1.82) is 0 Å². The first-order chi connectivity index (χ1) is 12.7. The topological polar surface area (TPSA) is 101 Å². The molecule has 144 valence electrons. The summed E-state index contributed by atoms with van der Waals surface area (Å²) < 4.78 is 27.6. The SMILES string of the molecule is Cc1cccc(C(=O)N2CC3(C2)CN(S(C)(=O)=O)CC3c2nncn2C)n1. The smallest absolute Gasteiger partial charge is 0.272 e. The molecule has 1 amide bonds. The van der Waals surface area contributed by atoms with E-state index in [1.165, 1.54) is 10.6 Å². The van der Waals surface area contributed by atoms with Gasteiger partial charge in [-0.25, -0.2) is 17.7 Å². The average molecular weight is 390 g/mol. The molecule has 2 aliphatic heterocycles. The molecule has 1 unspecified atom stereocenters. The standard InChI is InChI=1S/C17H22N6O3S/c1-12-5-4-6-14(19-12)16(24)22-8-17(9-22)10-23(27(3,25)26)7-13(17)15-20-18-11-21(15)2/h4-6,11,13H,7-10H2,1-3H3. The van der Waals surface area contributed by atoms with E-state index < -0.39 is 10.0 Å². The molecular formula is C17H22N6O3S. The van der Waals surface area contributed by atoms with E-state index in [1.807, 2.05) is 30.7 Å². The zero-order valence-corrected chi connectivity index (χ0v) is 16.3. The molecule has 9 nitrogen and oxygen atoms in total. The molecule has 2 fully saturated rings. The molecule has 27 heavy (non-hydrogen) atoms. The van der Waals surface area contributed by atoms with Crippen molar-refractivity contribution in [3.05, 3.63) is 41.7 Å². The van der Waals surface area contributed by atoms with E-state index in [2.05, 4.69) is 15.2 Å². The Morgan fingerprint density at radius 1 is 1.26 bits per heavy atom. The molecule has 0 radical (unpaired) electrons. The highest BCUT2D eigenvalue weighted by Crippen LogP contribution is 2.49. The quantitative estimate of drug-likeness (QED) is 0.732. The fourth-order valence-corrected chi connectivity index (χ4v) is 5.05. The van der Waals surface area contributed by atoms with Crippen molar-refractivity contribution < 1.29 is 13.2 Å². The highest BCUT2D eigenvalue weighted by atomic mass is 32.2. The zero-order chi connectivity index (χ0) is 19.4. The maximum atomic E-state index is 12.8. The van der Waals surface area contributed by atoms with Gasteiger partial charge in [-0.2, -0.15) is 0 Å². The van der Waals surface area contributed by atoms with Crippen LogP contribution in [0.1, 0.15) is 27.9 Å². The highest BCUT2D eigenvalue weighted by molar-refractivity contribution is 7.88. The van der Waals surface area contributed by atoms with Gasteiger partial charge in [0.2, 0.25) is 10.0 Å². The number of hydrogen-bond donors (Lipinski definition) is 0. The minimum Gasteiger partial charge on any atom is -0.336 e. The molecule has 1 atom stereocenters. The Balaban J connectivity index is 1.60. The van der Waals surface area contributed by atoms with E-state index in [-0.39, 0.29) is 17.2 Å². The number of carbonyl (C=O) groups is 1. The van der Waals surface area contributed by atoms with Crippen LogP contribution >= 0.6 is 0 Å². The van der Waals surface area contributed by atoms with Crippen LogP contribution in [0, 0.1) is 12.3 Å². The first-order valence-corrected chi connectivity index (χ1v) is 10.6. The van der Waals surface area contributed by atoms with Gasteiger partial charge in [-0.1, -0.05) is 6.07 Å². The summed E-state index contributed by atoms with van der Waals surface area (Å²) in [5, 5.41) is 8.15. The predicted molar refractivity (Wildman–Crippen MR) is 97.5 cm³/mol. The second-order valence-corrected chi connectivity index (χ2v) is 9.58. The summed E-state index contributed by atoms with van der Waals surface area (Å²) in [5.74, 6) is 0.523. The molecule has 0 aliphatic carbocycles. The van der Waals surface area contributed by atoms with E-state index >= 15 is 0 Å². The summed E-state index contributed by atoms with van der Waals surface area (Å²) >= 11 is 0. The summed E-state index contributed by atoms with van der Waals surface area (Å²) in [4.78, 5) is 18.8. The van der Waals surface area contributed by atoms with Crippen LogP contribution in [0.5, 0.6) is 0 Å². The Kier molecular flexibility index (Phi) is 4.08. The fraction of sp³-hybridized carbons (Fsp3) is 0.529. The Hall–Kier alpha value is -2.33. The lowest BCUT2D eigenvalue weighted by Gasteiger charge is -2.50. The molecule has 2 saturated heterocycles. The van der Waals surface area contributed by atoms with E-state index in [9.17, 15) is 13.2 Å². The molecular weight excluding hydrogens is 368 g/mol. The maximum Gasteiger partial charge on any atom is 0.272 e. The van der Waals surface area contributed by atoms with Crippen LogP contribution in [-0.2, 0) is 17.1 Å². The molecule has 0 saturated carbocycles. The Morgan fingerprint density at radius 2 is 2.00 bits per heavy atom. The lowest BCUT2D eigenvalue weighted by Crippen LogP contribution is -2.62. The van der Waals surface area contributed by atoms with Crippen LogP contribution in [-0.4, -0.2) is 75.7 Å². The second-order valence-electron chi connectivity index (χ2n) is 7.60. The predicted octanol–water partition coefficient (Wildman–Crippen LogP) is 0.0197. The van der Waals surface area contributed by atoms with Gasteiger partial charge in [0, 0.05) is 50.3 Å². The third-order valence-electron chi connectivity index (χ3n) is 5.55. The van der Waals surface area contributed by atoms with Crippen LogP contribution in [0.15, 0.2) is 24.5 Å². The van der Waals surface area contributed by atoms with Crippen LogP contribution < -0.4 is 0 Å². The van der Waals surface area contributed by atoms with Crippen LogP contribution in [0.2, 0.25) is 0 Å². The van der Waals surface area contributed by atoms with Crippen molar-refractivity contribution in [2.24, 2.45) is 12.5 Å². The van der Waals surface area contributed by atoms with Gasteiger partial charge in [0.15, 0.2) is 0 Å². The second kappa shape index (κ2) is 6.10. The number of nitrogens with zero attached hydrogens (tertiary/aromatic N) is 6. The van der Waals surface area contributed by atoms with Crippen molar-refractivity contribution in [2.75, 3.05) is 32.4 Å². The number of aromatic nitrogens is 4. The van der Waals surface area contributed by atoms with E-state index in [1.54, 1.807) is 17.3 Å². The van der Waals surface area contributed by atoms with Gasteiger partial charge < -0.3 is 9.47 Å². The van der Waals surface area contributed by atoms with Gasteiger partial charge in [0.25, 0.3) is 5.91 Å². The number of rotatable bonds is 3. The Labute approximate surface area is 158 Å². The molecule has 10 heteroatoms. The van der Waals surface area contributed by atoms with Crippen molar-refractivity contribution >= 4 is 15.9 Å². The molecule has 0 aromatic carbocycles. The number of likely N-dealkylation sites (tertiary alicyclic amines) is 1. The number of aryl methyl sites for hydroxylation is 2. The summed E-state index contributed by atoms with van der Waals surface area (Å²) in [6.07, 6.45) is 2.84. The molecule has 0 bridgehead atoms. The van der Waals surface area contributed by atoms with Gasteiger partial charge in [0.1, 0.15) is 17.8 Å². The van der Waals surface area contributed by atoms with Gasteiger partial charge in [-0.3, -0.25) is 4.79 Å². The van der Waals surface area contributed by atoms with Crippen LogP contribution in [0.3, 0.4) is 0 Å². The first kappa shape index (κ1) is 18.1. The van der Waals surface area contributed by atoms with E-state index in [4.69, 9.17) is 0 Å². The Bertz CT molecular complexity index is 996. The lowest BCUT2D eigenvalue weighted by atomic mass is 9.71. The zero-order valence-electron chi connectivity index (χ0n) is 15.5. The van der Waals surface area contributed by atoms with Crippen LogP contribution in [0.25, 0.3) is 0 Å². The third-order valence-corrected chi connectivity index (χ3v) is 6.77. The molecule has 2 aromatic rings. The Morgan fingerprint density at radius 3 is 2.59 bits per heavy atom. The summed E-state index contributed by atoms with van der Waals surface area (Å²) in [7, 11) is -1.47. The maximum absolute atomic E-state index is 12.8. The molecule has 2 aromatic heterocycles. The van der Waals surface area contributed by atoms with E-state index in [0.29, 0.717) is 31.9 Å². The molecule has 1 spiro atoms. The highest BCUT2D eigenvalue weighted by Gasteiger charge is 2.58. The van der Waals surface area contributed by atoms with Crippen molar-refractivity contribution in [2.45, 2.75) is 12.8 Å². The molecule has 0 N–H and O–H groups in total. The number of carbonyl (C=O) groups excluding carboxylic acids is 1. The van der Waals surface area contributed by atoms with E-state index in [0.717, 1.165) is 11.5 Å². The number of amides is 1. The first-order valence-electron chi connectivity index (χ1n) is 8.72. The minimum atomic E-state index is -3.32. The lowest BCUT2D eigenvalue weighted by molar-refractivity contribution is 0.00369. The fourth-order valence-electron chi connectivity index (χ4n) is 4.14. The van der Waals surface area contributed by atoms with Crippen molar-refractivity contribution in [3.8, 4) is 0 Å². The normalized spacial score (nSPS) is 22.2. The number of hydrogen-bond acceptors (Lipinski definition) is 6. The minimum absolute atomic E-state index is 0.103. The molecule has 4 heterocycles. The van der Waals surface area contributed by atoms with Gasteiger partial charge in [0.05, 0.1) is 6.26 Å². The number of pyridine rings is 1. The van der Waals surface area contributed by atoms with Gasteiger partial charge >= 0.3 is 0 Å². The monoisotopic (exact) mass is 390 g/mol. The van der Waals surface area contributed by atoms with Gasteiger partial charge in [-0.05, 0) is 19.1 Å². The van der Waals surface area contributed by atoms with Crippen molar-refractivity contribution in [3.63, 3.8) is 0 Å². The van der Waals surface area contributed by atoms with Crippen LogP contribution in [0.4, 0.5) is 0 Å². The number of sulfonamides is 1. The summed E-state index contributed by atoms with van der Waals surface area (Å²) in [5.41, 5.74) is 0.860. The molecule has 2 aliphatic rings. The summed E-state index contributed by atoms with van der Waals surface area (Å²) in [6, 6.07) is 5.37.